The van der Waals surface area contributed by atoms with E-state index in [0.717, 1.165) is 0 Å². The summed E-state index contributed by atoms with van der Waals surface area (Å²) in [7, 11) is -0.726. The third kappa shape index (κ3) is 4.97. The molecule has 1 amide bonds. The van der Waals surface area contributed by atoms with E-state index < -0.39 is 26.6 Å². The van der Waals surface area contributed by atoms with Crippen LogP contribution in [0.1, 0.15) is 0 Å². The third-order valence-electron chi connectivity index (χ3n) is 4.56. The number of nitrogens with zero attached hydrogens (tertiary/aromatic N) is 4. The second-order valence-corrected chi connectivity index (χ2v) is 7.52. The van der Waals surface area contributed by atoms with Crippen molar-refractivity contribution in [2.75, 3.05) is 23.4 Å². The van der Waals surface area contributed by atoms with Gasteiger partial charge in [-0.05, 0) is 30.3 Å². The summed E-state index contributed by atoms with van der Waals surface area (Å²) in [5, 5.41) is 7.27. The lowest BCUT2D eigenvalue weighted by Gasteiger charge is -2.14. The third-order valence-corrected chi connectivity index (χ3v) is 4.94. The minimum Gasteiger partial charge on any atom is -0.441 e. The second-order valence-electron chi connectivity index (χ2n) is 6.76. The van der Waals surface area contributed by atoms with Gasteiger partial charge in [0.1, 0.15) is 17.7 Å². The van der Waals surface area contributed by atoms with Gasteiger partial charge in [-0.3, -0.25) is 9.58 Å². The summed E-state index contributed by atoms with van der Waals surface area (Å²) >= 11 is 0. The van der Waals surface area contributed by atoms with Gasteiger partial charge >= 0.3 is 14.7 Å². The number of rotatable bonds is 7. The fraction of sp³-hybridized carbons (Fsp3) is 0.211. The highest BCUT2D eigenvalue weighted by Crippen LogP contribution is 2.31. The van der Waals surface area contributed by atoms with Gasteiger partial charge in [0, 0.05) is 36.6 Å². The van der Waals surface area contributed by atoms with Gasteiger partial charge in [-0.2, -0.15) is 5.10 Å². The summed E-state index contributed by atoms with van der Waals surface area (Å²) in [6.45, 7) is -0.0533. The molecule has 0 radical (unpaired) electrons. The molecule has 0 saturated carbocycles. The lowest BCUT2D eigenvalue weighted by atomic mass is 10.1. The predicted molar refractivity (Wildman–Crippen MR) is 111 cm³/mol. The molecule has 3 aromatic rings. The number of carbonyl (C=O) groups is 1. The molecule has 4 rings (SSSR count). The Hall–Kier alpha value is -3.11. The van der Waals surface area contributed by atoms with E-state index in [2.05, 4.69) is 19.9 Å². The number of halogens is 1. The van der Waals surface area contributed by atoms with Crippen molar-refractivity contribution in [3.8, 4) is 11.1 Å². The van der Waals surface area contributed by atoms with Crippen molar-refractivity contribution in [3.05, 3.63) is 54.6 Å². The van der Waals surface area contributed by atoms with E-state index >= 15 is 0 Å². The molecule has 0 unspecified atom stereocenters. The maximum atomic E-state index is 14.8. The van der Waals surface area contributed by atoms with E-state index in [9.17, 15) is 9.18 Å². The number of aromatic nitrogens is 3. The zero-order chi connectivity index (χ0) is 22.0. The summed E-state index contributed by atoms with van der Waals surface area (Å²) in [6.07, 6.45) is 2.01. The number of cyclic esters (lactones) is 1. The van der Waals surface area contributed by atoms with E-state index in [1.165, 1.54) is 11.0 Å². The van der Waals surface area contributed by atoms with Gasteiger partial charge in [-0.1, -0.05) is 0 Å². The molecule has 2 aromatic heterocycles. The average Bonchev–Trinajstić information content (AvgIpc) is 3.32. The number of hydrogen-bond donors (Lipinski definition) is 3. The first-order valence-corrected chi connectivity index (χ1v) is 10.4. The summed E-state index contributed by atoms with van der Waals surface area (Å²) in [5.74, 6) is 0.697. The summed E-state index contributed by atoms with van der Waals surface area (Å²) < 4.78 is 26.2. The van der Waals surface area contributed by atoms with Gasteiger partial charge in [0.2, 0.25) is 0 Å². The van der Waals surface area contributed by atoms with Crippen molar-refractivity contribution in [2.24, 2.45) is 7.05 Å². The highest BCUT2D eigenvalue weighted by molar-refractivity contribution is 7.39. The molecule has 12 heteroatoms. The van der Waals surface area contributed by atoms with Crippen LogP contribution in [-0.2, 0) is 16.3 Å². The van der Waals surface area contributed by atoms with Crippen molar-refractivity contribution in [1.82, 2.24) is 14.8 Å². The van der Waals surface area contributed by atoms with Crippen LogP contribution in [0.25, 0.3) is 11.1 Å². The summed E-state index contributed by atoms with van der Waals surface area (Å²) in [6, 6.07) is 9.66. The molecule has 1 aromatic carbocycles. The highest BCUT2D eigenvalue weighted by Gasteiger charge is 2.33. The largest absolute Gasteiger partial charge is 0.441 e. The van der Waals surface area contributed by atoms with Gasteiger partial charge in [0.15, 0.2) is 5.82 Å². The zero-order valence-corrected chi connectivity index (χ0v) is 17.2. The number of amides is 1. The van der Waals surface area contributed by atoms with Crippen LogP contribution in [0, 0.1) is 5.82 Å². The quantitative estimate of drug-likeness (QED) is 0.473. The van der Waals surface area contributed by atoms with Crippen LogP contribution in [0.5, 0.6) is 0 Å². The Bertz CT molecular complexity index is 1080. The van der Waals surface area contributed by atoms with Crippen molar-refractivity contribution in [2.45, 2.75) is 6.10 Å². The first kappa shape index (κ1) is 21.1. The molecule has 162 valence electrons. The monoisotopic (exact) mass is 447 g/mol. The molecular formula is C19H19FN5O5P. The van der Waals surface area contributed by atoms with Crippen molar-refractivity contribution in [1.29, 1.82) is 0 Å². The lowest BCUT2D eigenvalue weighted by molar-refractivity contribution is 0.0987. The Morgan fingerprint density at radius 1 is 1.29 bits per heavy atom. The number of aryl methyl sites for hydroxylation is 1. The fourth-order valence-electron chi connectivity index (χ4n) is 3.12. The molecule has 1 atom stereocenters. The molecular weight excluding hydrogens is 428 g/mol. The Labute approximate surface area is 177 Å². The number of benzene rings is 1. The summed E-state index contributed by atoms with van der Waals surface area (Å²) in [4.78, 5) is 35.2. The van der Waals surface area contributed by atoms with Gasteiger partial charge in [0.05, 0.1) is 18.8 Å². The van der Waals surface area contributed by atoms with Gasteiger partial charge < -0.3 is 24.4 Å². The predicted octanol–water partition coefficient (Wildman–Crippen LogP) is 2.92. The maximum Gasteiger partial charge on any atom is 0.414 e. The maximum absolute atomic E-state index is 14.8. The van der Waals surface area contributed by atoms with E-state index in [1.54, 1.807) is 47.4 Å². The van der Waals surface area contributed by atoms with E-state index in [0.29, 0.717) is 28.5 Å². The first-order chi connectivity index (χ1) is 14.9. The topological polar surface area (TPSA) is 122 Å². The number of hydrogen-bond acceptors (Lipinski definition) is 8. The molecule has 1 fully saturated rings. The van der Waals surface area contributed by atoms with Gasteiger partial charge in [-0.25, -0.2) is 14.2 Å². The van der Waals surface area contributed by atoms with Crippen LogP contribution in [0.2, 0.25) is 0 Å². The molecule has 10 nitrogen and oxygen atoms in total. The van der Waals surface area contributed by atoms with E-state index in [4.69, 9.17) is 14.5 Å². The van der Waals surface area contributed by atoms with Crippen LogP contribution in [0.4, 0.5) is 26.5 Å². The molecule has 3 N–H and O–H groups in total. The van der Waals surface area contributed by atoms with Crippen LogP contribution >= 0.6 is 8.60 Å². The van der Waals surface area contributed by atoms with E-state index in [-0.39, 0.29) is 13.2 Å². The molecule has 1 aliphatic rings. The highest BCUT2D eigenvalue weighted by atomic mass is 31.2. The Balaban J connectivity index is 1.45. The average molecular weight is 447 g/mol. The molecule has 0 aliphatic carbocycles. The van der Waals surface area contributed by atoms with Crippen molar-refractivity contribution < 1.29 is 28.2 Å². The lowest BCUT2D eigenvalue weighted by Crippen LogP contribution is -2.25. The minimum absolute atomic E-state index is 0.107. The molecule has 1 saturated heterocycles. The number of carbonyl (C=O) groups excluding carboxylic acids is 1. The smallest absolute Gasteiger partial charge is 0.414 e. The normalized spacial score (nSPS) is 16.1. The second kappa shape index (κ2) is 8.94. The van der Waals surface area contributed by atoms with Crippen LogP contribution in [-0.4, -0.2) is 49.9 Å². The molecule has 31 heavy (non-hydrogen) atoms. The van der Waals surface area contributed by atoms with Crippen molar-refractivity contribution >= 4 is 32.0 Å². The number of anilines is 3. The number of pyridine rings is 1. The molecule has 0 spiro atoms. The van der Waals surface area contributed by atoms with Crippen LogP contribution < -0.4 is 10.2 Å². The number of ether oxygens (including phenoxy) is 1. The Kier molecular flexibility index (Phi) is 6.10. The Morgan fingerprint density at radius 3 is 2.77 bits per heavy atom. The number of nitrogens with one attached hydrogen (secondary N) is 1. The van der Waals surface area contributed by atoms with E-state index in [1.807, 2.05) is 7.05 Å². The van der Waals surface area contributed by atoms with Gasteiger partial charge in [-0.15, -0.1) is 0 Å². The van der Waals surface area contributed by atoms with Crippen LogP contribution in [0.15, 0.2) is 48.8 Å². The first-order valence-electron chi connectivity index (χ1n) is 9.20. The Morgan fingerprint density at radius 2 is 2.13 bits per heavy atom. The molecule has 1 aliphatic heterocycles. The van der Waals surface area contributed by atoms with Gasteiger partial charge in [0.25, 0.3) is 0 Å². The molecule has 0 bridgehead atoms. The standard InChI is InChI=1S/C19H19FN5O5P/c1-24-7-6-18(23-24)22-17-5-2-12(9-21-17)15-4-3-13(8-16(15)20)25-10-14(30-19(25)26)11-29-31(27)28/h2-9,14,27-28H,10-11H2,1H3,(H,21,22,23)/t14-/m1/s1. The minimum atomic E-state index is -2.54. The zero-order valence-electron chi connectivity index (χ0n) is 16.3. The fourth-order valence-corrected chi connectivity index (χ4v) is 3.41. The molecule has 3 heterocycles. The summed E-state index contributed by atoms with van der Waals surface area (Å²) in [5.41, 5.74) is 1.23. The van der Waals surface area contributed by atoms with Crippen LogP contribution in [0.3, 0.4) is 0 Å². The van der Waals surface area contributed by atoms with Crippen molar-refractivity contribution in [3.63, 3.8) is 0 Å². The SMILES string of the molecule is Cn1ccc(Nc2ccc(-c3ccc(N4C[C@H](COP(O)O)OC4=O)cc3F)cn2)n1.